The lowest BCUT2D eigenvalue weighted by molar-refractivity contribution is 0.102. The van der Waals surface area contributed by atoms with Crippen molar-refractivity contribution in [2.45, 2.75) is 59.0 Å². The van der Waals surface area contributed by atoms with Crippen molar-refractivity contribution >= 4 is 5.82 Å². The third kappa shape index (κ3) is 3.29. The number of nitrogens with zero attached hydrogens (tertiary/aromatic N) is 3. The Morgan fingerprint density at radius 2 is 1.90 bits per heavy atom. The van der Waals surface area contributed by atoms with Crippen molar-refractivity contribution in [3.05, 3.63) is 17.6 Å². The second-order valence-corrected chi connectivity index (χ2v) is 6.60. The highest BCUT2D eigenvalue weighted by atomic mass is 16.3. The summed E-state index contributed by atoms with van der Waals surface area (Å²) in [5.74, 6) is 2.96. The summed E-state index contributed by atoms with van der Waals surface area (Å²) >= 11 is 0. The molecule has 1 aromatic rings. The standard InChI is InChI=1S/C16H27N3O/c1-10(2)13-8-15(18-16(17-13)11(3)4)19-7-6-12(5)14(20)9-19/h8,10-12,14,20H,6-7,9H2,1-5H3. The van der Waals surface area contributed by atoms with E-state index in [-0.39, 0.29) is 6.10 Å². The van der Waals surface area contributed by atoms with Gasteiger partial charge in [0, 0.05) is 30.8 Å². The molecule has 0 radical (unpaired) electrons. The van der Waals surface area contributed by atoms with Gasteiger partial charge in [0.15, 0.2) is 0 Å². The van der Waals surface area contributed by atoms with Gasteiger partial charge in [0.2, 0.25) is 0 Å². The highest BCUT2D eigenvalue weighted by Crippen LogP contribution is 2.25. The number of piperidine rings is 1. The Labute approximate surface area is 122 Å². The van der Waals surface area contributed by atoms with E-state index in [9.17, 15) is 5.11 Å². The highest BCUT2D eigenvalue weighted by Gasteiger charge is 2.26. The minimum Gasteiger partial charge on any atom is -0.391 e. The first-order valence-electron chi connectivity index (χ1n) is 7.70. The van der Waals surface area contributed by atoms with Gasteiger partial charge in [-0.05, 0) is 18.3 Å². The summed E-state index contributed by atoms with van der Waals surface area (Å²) in [7, 11) is 0. The Morgan fingerprint density at radius 1 is 1.20 bits per heavy atom. The molecule has 4 nitrogen and oxygen atoms in total. The first-order valence-corrected chi connectivity index (χ1v) is 7.70. The van der Waals surface area contributed by atoms with Crippen LogP contribution in [0.2, 0.25) is 0 Å². The molecule has 1 aromatic heterocycles. The molecule has 2 atom stereocenters. The van der Waals surface area contributed by atoms with Gasteiger partial charge in [0.05, 0.1) is 6.10 Å². The molecule has 0 spiro atoms. The predicted molar refractivity (Wildman–Crippen MR) is 82.2 cm³/mol. The molecule has 2 rings (SSSR count). The van der Waals surface area contributed by atoms with E-state index >= 15 is 0 Å². The van der Waals surface area contributed by atoms with E-state index < -0.39 is 0 Å². The molecule has 1 saturated heterocycles. The molecule has 20 heavy (non-hydrogen) atoms. The van der Waals surface area contributed by atoms with Gasteiger partial charge in [-0.3, -0.25) is 0 Å². The first kappa shape index (κ1) is 15.2. The Bertz CT molecular complexity index is 433. The summed E-state index contributed by atoms with van der Waals surface area (Å²) in [5.41, 5.74) is 1.09. The minimum absolute atomic E-state index is 0.260. The SMILES string of the molecule is CC(C)c1cc(N2CCC(C)C(O)C2)nc(C(C)C)n1. The van der Waals surface area contributed by atoms with Crippen LogP contribution in [0.5, 0.6) is 0 Å². The number of rotatable bonds is 3. The van der Waals surface area contributed by atoms with Gasteiger partial charge >= 0.3 is 0 Å². The number of hydrogen-bond donors (Lipinski definition) is 1. The van der Waals surface area contributed by atoms with E-state index in [1.807, 2.05) is 0 Å². The maximum absolute atomic E-state index is 10.1. The van der Waals surface area contributed by atoms with Crippen molar-refractivity contribution in [1.29, 1.82) is 0 Å². The van der Waals surface area contributed by atoms with Gasteiger partial charge in [-0.2, -0.15) is 0 Å². The summed E-state index contributed by atoms with van der Waals surface area (Å²) in [6.45, 7) is 12.3. The van der Waals surface area contributed by atoms with E-state index in [4.69, 9.17) is 4.98 Å². The predicted octanol–water partition coefficient (Wildman–Crippen LogP) is 2.93. The van der Waals surface area contributed by atoms with Gasteiger partial charge < -0.3 is 10.0 Å². The Morgan fingerprint density at radius 3 is 2.45 bits per heavy atom. The summed E-state index contributed by atoms with van der Waals surface area (Å²) in [6, 6.07) is 2.08. The van der Waals surface area contributed by atoms with Crippen molar-refractivity contribution in [3.8, 4) is 0 Å². The number of hydrogen-bond acceptors (Lipinski definition) is 4. The number of aliphatic hydroxyl groups excluding tert-OH is 1. The molecular formula is C16H27N3O. The van der Waals surface area contributed by atoms with E-state index in [0.29, 0.717) is 24.3 Å². The Kier molecular flexibility index (Phi) is 4.63. The van der Waals surface area contributed by atoms with Gasteiger partial charge in [-0.15, -0.1) is 0 Å². The van der Waals surface area contributed by atoms with Crippen LogP contribution >= 0.6 is 0 Å². The highest BCUT2D eigenvalue weighted by molar-refractivity contribution is 5.41. The molecule has 2 heterocycles. The van der Waals surface area contributed by atoms with Crippen LogP contribution in [0.4, 0.5) is 5.82 Å². The molecule has 0 amide bonds. The van der Waals surface area contributed by atoms with E-state index in [2.05, 4.69) is 50.6 Å². The van der Waals surface area contributed by atoms with Gasteiger partial charge in [0.25, 0.3) is 0 Å². The first-order chi connectivity index (χ1) is 9.38. The summed E-state index contributed by atoms with van der Waals surface area (Å²) < 4.78 is 0. The third-order valence-corrected chi connectivity index (χ3v) is 4.10. The zero-order valence-corrected chi connectivity index (χ0v) is 13.3. The lowest BCUT2D eigenvalue weighted by Crippen LogP contribution is -2.43. The van der Waals surface area contributed by atoms with Crippen LogP contribution in [-0.4, -0.2) is 34.3 Å². The topological polar surface area (TPSA) is 49.2 Å². The number of β-amino-alcohol motifs (C(OH)–C–C–N with tert-alkyl or cyclic N) is 1. The average Bonchev–Trinajstić information content (AvgIpc) is 2.41. The molecule has 0 saturated carbocycles. The summed E-state index contributed by atoms with van der Waals surface area (Å²) in [4.78, 5) is 11.6. The van der Waals surface area contributed by atoms with E-state index in [1.54, 1.807) is 0 Å². The van der Waals surface area contributed by atoms with Crippen molar-refractivity contribution in [2.24, 2.45) is 5.92 Å². The molecule has 112 valence electrons. The molecule has 1 fully saturated rings. The quantitative estimate of drug-likeness (QED) is 0.923. The fourth-order valence-corrected chi connectivity index (χ4v) is 2.44. The zero-order chi connectivity index (χ0) is 14.9. The molecule has 4 heteroatoms. The summed E-state index contributed by atoms with van der Waals surface area (Å²) in [5, 5.41) is 10.1. The van der Waals surface area contributed by atoms with Crippen LogP contribution in [-0.2, 0) is 0 Å². The van der Waals surface area contributed by atoms with Crippen molar-refractivity contribution < 1.29 is 5.11 Å². The molecule has 0 bridgehead atoms. The zero-order valence-electron chi connectivity index (χ0n) is 13.3. The molecule has 0 aliphatic carbocycles. The second-order valence-electron chi connectivity index (χ2n) is 6.60. The smallest absolute Gasteiger partial charge is 0.133 e. The lowest BCUT2D eigenvalue weighted by atomic mass is 9.96. The minimum atomic E-state index is -0.260. The third-order valence-electron chi connectivity index (χ3n) is 4.10. The van der Waals surface area contributed by atoms with Crippen LogP contribution in [0, 0.1) is 5.92 Å². The molecule has 2 unspecified atom stereocenters. The van der Waals surface area contributed by atoms with Gasteiger partial charge in [0.1, 0.15) is 11.6 Å². The largest absolute Gasteiger partial charge is 0.391 e. The second kappa shape index (κ2) is 6.08. The van der Waals surface area contributed by atoms with Gasteiger partial charge in [-0.25, -0.2) is 9.97 Å². The maximum atomic E-state index is 10.1. The number of aromatic nitrogens is 2. The molecule has 1 aliphatic heterocycles. The fourth-order valence-electron chi connectivity index (χ4n) is 2.44. The van der Waals surface area contributed by atoms with Crippen LogP contribution in [0.1, 0.15) is 64.4 Å². The van der Waals surface area contributed by atoms with Gasteiger partial charge in [-0.1, -0.05) is 34.6 Å². The van der Waals surface area contributed by atoms with Crippen LogP contribution in [0.3, 0.4) is 0 Å². The maximum Gasteiger partial charge on any atom is 0.133 e. The van der Waals surface area contributed by atoms with E-state index in [1.165, 1.54) is 0 Å². The molecule has 0 aromatic carbocycles. The van der Waals surface area contributed by atoms with Crippen molar-refractivity contribution in [1.82, 2.24) is 9.97 Å². The molecule has 1 aliphatic rings. The Hall–Kier alpha value is -1.16. The lowest BCUT2D eigenvalue weighted by Gasteiger charge is -2.35. The monoisotopic (exact) mass is 277 g/mol. The Balaban J connectivity index is 2.30. The molecule has 1 N–H and O–H groups in total. The van der Waals surface area contributed by atoms with Crippen molar-refractivity contribution in [2.75, 3.05) is 18.0 Å². The number of aliphatic hydroxyl groups is 1. The normalized spacial score (nSPS) is 23.7. The average molecular weight is 277 g/mol. The van der Waals surface area contributed by atoms with Crippen molar-refractivity contribution in [3.63, 3.8) is 0 Å². The number of anilines is 1. The fraction of sp³-hybridized carbons (Fsp3) is 0.750. The van der Waals surface area contributed by atoms with Crippen LogP contribution in [0.25, 0.3) is 0 Å². The van der Waals surface area contributed by atoms with Crippen LogP contribution in [0.15, 0.2) is 6.07 Å². The summed E-state index contributed by atoms with van der Waals surface area (Å²) in [6.07, 6.45) is 0.753. The van der Waals surface area contributed by atoms with Crippen LogP contribution < -0.4 is 4.90 Å². The molecular weight excluding hydrogens is 250 g/mol. The van der Waals surface area contributed by atoms with E-state index in [0.717, 1.165) is 30.3 Å².